The first kappa shape index (κ1) is 34.2. The molecule has 1 saturated carbocycles. The summed E-state index contributed by atoms with van der Waals surface area (Å²) in [6.45, 7) is 16.1. The Labute approximate surface area is 275 Å². The van der Waals surface area contributed by atoms with Crippen LogP contribution in [-0.2, 0) is 19.1 Å². The van der Waals surface area contributed by atoms with E-state index in [0.717, 1.165) is 50.6 Å². The maximum absolute atomic E-state index is 14.8. The van der Waals surface area contributed by atoms with Crippen LogP contribution in [0.25, 0.3) is 0 Å². The van der Waals surface area contributed by atoms with Crippen molar-refractivity contribution in [1.82, 2.24) is 19.6 Å². The van der Waals surface area contributed by atoms with Crippen LogP contribution in [0.15, 0.2) is 24.3 Å². The maximum Gasteiger partial charge on any atom is 0.252 e. The fourth-order valence-electron chi connectivity index (χ4n) is 8.02. The number of halogens is 1. The molecule has 4 fully saturated rings. The summed E-state index contributed by atoms with van der Waals surface area (Å²) in [7, 11) is 1.81. The number of rotatable bonds is 7. The van der Waals surface area contributed by atoms with E-state index in [4.69, 9.17) is 16.3 Å². The van der Waals surface area contributed by atoms with Gasteiger partial charge in [-0.25, -0.2) is 0 Å². The Morgan fingerprint density at radius 1 is 0.978 bits per heavy atom. The third-order valence-corrected chi connectivity index (χ3v) is 11.4. The van der Waals surface area contributed by atoms with E-state index in [1.165, 1.54) is 0 Å². The highest BCUT2D eigenvalue weighted by Gasteiger charge is 2.51. The highest BCUT2D eigenvalue weighted by molar-refractivity contribution is 6.30. The standard InChI is InChI=1S/C36H55ClN4O4/c1-8-38(7)33(43)30-20-27(41(34(44)31-10-9-19-45-31)26-15-17-36(5,6)18-16-26)21-40(30)32(42)29-23-39(35(2,3)4)22-28(29)24-11-13-25(37)14-12-24/h11-14,26-31H,8-10,15-23H2,1-7H3/t27-,28-,29+,30-,31-/m0/s1. The summed E-state index contributed by atoms with van der Waals surface area (Å²) >= 11 is 6.25. The molecule has 0 bridgehead atoms. The van der Waals surface area contributed by atoms with Crippen molar-refractivity contribution in [3.63, 3.8) is 0 Å². The number of ether oxygens (including phenoxy) is 1. The van der Waals surface area contributed by atoms with Gasteiger partial charge in [-0.15, -0.1) is 0 Å². The van der Waals surface area contributed by atoms with Crippen molar-refractivity contribution in [2.75, 3.05) is 39.8 Å². The second kappa shape index (κ2) is 13.5. The number of carbonyl (C=O) groups excluding carboxylic acids is 3. The maximum atomic E-state index is 14.8. The lowest BCUT2D eigenvalue weighted by molar-refractivity contribution is -0.148. The number of hydrogen-bond donors (Lipinski definition) is 0. The Morgan fingerprint density at radius 2 is 1.64 bits per heavy atom. The molecular weight excluding hydrogens is 588 g/mol. The SMILES string of the molecule is CCN(C)C(=O)[C@@H]1C[C@H](N(C(=O)[C@@H]2CCCO2)C2CCC(C)(C)CC2)CN1C(=O)[C@@H]1CN(C(C)(C)C)C[C@H]1c1ccc(Cl)cc1. The van der Waals surface area contributed by atoms with E-state index in [1.54, 1.807) is 4.90 Å². The van der Waals surface area contributed by atoms with E-state index >= 15 is 0 Å². The van der Waals surface area contributed by atoms with Crippen molar-refractivity contribution >= 4 is 29.3 Å². The van der Waals surface area contributed by atoms with Gasteiger partial charge in [0.05, 0.1) is 12.0 Å². The molecule has 1 aromatic carbocycles. The molecule has 0 N–H and O–H groups in total. The number of benzene rings is 1. The average molecular weight is 643 g/mol. The van der Waals surface area contributed by atoms with Crippen molar-refractivity contribution in [2.24, 2.45) is 11.3 Å². The number of hydrogen-bond acceptors (Lipinski definition) is 5. The minimum absolute atomic E-state index is 0.0151. The van der Waals surface area contributed by atoms with Gasteiger partial charge in [0.25, 0.3) is 5.91 Å². The quantitative estimate of drug-likeness (QED) is 0.389. The normalized spacial score (nSPS) is 29.2. The first-order valence-electron chi connectivity index (χ1n) is 17.2. The van der Waals surface area contributed by atoms with Gasteiger partial charge in [0.15, 0.2) is 0 Å². The lowest BCUT2D eigenvalue weighted by Gasteiger charge is -2.43. The Kier molecular flexibility index (Phi) is 10.3. The lowest BCUT2D eigenvalue weighted by Crippen LogP contribution is -2.53. The molecule has 3 aliphatic heterocycles. The molecule has 3 amide bonds. The zero-order valence-electron chi connectivity index (χ0n) is 28.6. The second-order valence-corrected chi connectivity index (χ2v) is 16.2. The van der Waals surface area contributed by atoms with Crippen LogP contribution in [0, 0.1) is 11.3 Å². The fraction of sp³-hybridized carbons (Fsp3) is 0.750. The zero-order chi connectivity index (χ0) is 32.7. The molecular formula is C36H55ClN4O4. The van der Waals surface area contributed by atoms with Gasteiger partial charge in [-0.3, -0.25) is 19.3 Å². The van der Waals surface area contributed by atoms with Gasteiger partial charge in [0, 0.05) is 62.4 Å². The number of nitrogens with zero attached hydrogens (tertiary/aromatic N) is 4. The van der Waals surface area contributed by atoms with Crippen molar-refractivity contribution in [2.45, 2.75) is 122 Å². The Balaban J connectivity index is 1.47. The highest BCUT2D eigenvalue weighted by atomic mass is 35.5. The molecule has 5 rings (SSSR count). The summed E-state index contributed by atoms with van der Waals surface area (Å²) in [5, 5.41) is 0.671. The van der Waals surface area contributed by atoms with Crippen LogP contribution in [0.1, 0.15) is 98.0 Å². The summed E-state index contributed by atoms with van der Waals surface area (Å²) in [6, 6.07) is 7.14. The van der Waals surface area contributed by atoms with Gasteiger partial charge in [-0.2, -0.15) is 0 Å². The first-order valence-corrected chi connectivity index (χ1v) is 17.6. The van der Waals surface area contributed by atoms with Gasteiger partial charge in [0.1, 0.15) is 12.1 Å². The van der Waals surface area contributed by atoms with Gasteiger partial charge in [-0.05, 0) is 95.8 Å². The summed E-state index contributed by atoms with van der Waals surface area (Å²) in [5.41, 5.74) is 1.24. The molecule has 3 saturated heterocycles. The molecule has 0 unspecified atom stereocenters. The molecule has 3 heterocycles. The van der Waals surface area contributed by atoms with Gasteiger partial charge >= 0.3 is 0 Å². The van der Waals surface area contributed by atoms with Crippen molar-refractivity contribution in [3.8, 4) is 0 Å². The molecule has 1 aromatic rings. The third-order valence-electron chi connectivity index (χ3n) is 11.1. The van der Waals surface area contributed by atoms with E-state index in [1.807, 2.05) is 43.1 Å². The first-order chi connectivity index (χ1) is 21.2. The predicted octanol–water partition coefficient (Wildman–Crippen LogP) is 5.58. The molecule has 0 spiro atoms. The molecule has 250 valence electrons. The van der Waals surface area contributed by atoms with E-state index < -0.39 is 12.1 Å². The molecule has 0 radical (unpaired) electrons. The van der Waals surface area contributed by atoms with Crippen LogP contribution in [0.3, 0.4) is 0 Å². The second-order valence-electron chi connectivity index (χ2n) is 15.7. The van der Waals surface area contributed by atoms with Gasteiger partial charge in [0.2, 0.25) is 11.8 Å². The number of likely N-dealkylation sites (N-methyl/N-ethyl adjacent to an activating group) is 1. The lowest BCUT2D eigenvalue weighted by atomic mass is 9.75. The largest absolute Gasteiger partial charge is 0.368 e. The van der Waals surface area contributed by atoms with E-state index in [0.29, 0.717) is 37.7 Å². The van der Waals surface area contributed by atoms with E-state index in [-0.39, 0.29) is 52.6 Å². The van der Waals surface area contributed by atoms with Crippen molar-refractivity contribution in [3.05, 3.63) is 34.9 Å². The minimum Gasteiger partial charge on any atom is -0.368 e. The van der Waals surface area contributed by atoms with E-state index in [9.17, 15) is 14.4 Å². The van der Waals surface area contributed by atoms with Crippen LogP contribution in [0.4, 0.5) is 0 Å². The van der Waals surface area contributed by atoms with Crippen molar-refractivity contribution < 1.29 is 19.1 Å². The number of amides is 3. The van der Waals surface area contributed by atoms with Crippen molar-refractivity contribution in [1.29, 1.82) is 0 Å². The smallest absolute Gasteiger partial charge is 0.252 e. The molecule has 9 heteroatoms. The van der Waals surface area contributed by atoms with Crippen LogP contribution in [0.2, 0.25) is 5.02 Å². The summed E-state index contributed by atoms with van der Waals surface area (Å²) < 4.78 is 5.93. The number of carbonyl (C=O) groups is 3. The Hall–Kier alpha value is -2.16. The molecule has 4 aliphatic rings. The monoisotopic (exact) mass is 642 g/mol. The van der Waals surface area contributed by atoms with Gasteiger partial charge in [-0.1, -0.05) is 37.6 Å². The predicted molar refractivity (Wildman–Crippen MR) is 178 cm³/mol. The van der Waals surface area contributed by atoms with Crippen LogP contribution in [0.5, 0.6) is 0 Å². The van der Waals surface area contributed by atoms with E-state index in [2.05, 4.69) is 44.4 Å². The third kappa shape index (κ3) is 7.38. The Morgan fingerprint density at radius 3 is 2.22 bits per heavy atom. The highest BCUT2D eigenvalue weighted by Crippen LogP contribution is 2.42. The average Bonchev–Trinajstić information content (AvgIpc) is 3.77. The molecule has 1 aliphatic carbocycles. The number of likely N-dealkylation sites (tertiary alicyclic amines) is 2. The summed E-state index contributed by atoms with van der Waals surface area (Å²) in [4.78, 5) is 51.0. The molecule has 45 heavy (non-hydrogen) atoms. The van der Waals surface area contributed by atoms with Crippen LogP contribution < -0.4 is 0 Å². The molecule has 8 nitrogen and oxygen atoms in total. The molecule has 5 atom stereocenters. The summed E-state index contributed by atoms with van der Waals surface area (Å²) in [6.07, 6.45) is 5.63. The minimum atomic E-state index is -0.596. The van der Waals surface area contributed by atoms with Gasteiger partial charge < -0.3 is 19.4 Å². The van der Waals surface area contributed by atoms with Crippen LogP contribution >= 0.6 is 11.6 Å². The Bertz CT molecular complexity index is 1210. The zero-order valence-corrected chi connectivity index (χ0v) is 29.3. The fourth-order valence-corrected chi connectivity index (χ4v) is 8.15. The molecule has 0 aromatic heterocycles. The van der Waals surface area contributed by atoms with Crippen LogP contribution in [-0.4, -0.2) is 107 Å². The summed E-state index contributed by atoms with van der Waals surface area (Å²) in [5.74, 6) is -0.301. The topological polar surface area (TPSA) is 73.4 Å².